The molecule has 0 bridgehead atoms. The lowest BCUT2D eigenvalue weighted by Gasteiger charge is -2.39. The van der Waals surface area contributed by atoms with Gasteiger partial charge in [0.1, 0.15) is 6.61 Å². The molecule has 1 aliphatic heterocycles. The predicted octanol–water partition coefficient (Wildman–Crippen LogP) is 1.82. The summed E-state index contributed by atoms with van der Waals surface area (Å²) in [6.45, 7) is 2.71. The van der Waals surface area contributed by atoms with E-state index >= 15 is 0 Å². The van der Waals surface area contributed by atoms with Crippen molar-refractivity contribution in [1.82, 2.24) is 24.4 Å². The van der Waals surface area contributed by atoms with Gasteiger partial charge in [0.05, 0.1) is 12.0 Å². The maximum atomic E-state index is 5.85. The van der Waals surface area contributed by atoms with E-state index in [1.54, 1.807) is 18.5 Å². The minimum atomic E-state index is 0.363. The van der Waals surface area contributed by atoms with Crippen LogP contribution in [0.5, 0.6) is 6.01 Å². The highest BCUT2D eigenvalue weighted by atomic mass is 16.5. The number of rotatable bonds is 5. The molecule has 1 atom stereocenters. The third-order valence-corrected chi connectivity index (χ3v) is 5.11. The Morgan fingerprint density at radius 3 is 2.78 bits per heavy atom. The van der Waals surface area contributed by atoms with Gasteiger partial charge in [-0.25, -0.2) is 15.0 Å². The molecular weight excluding hydrogens is 290 g/mol. The SMILES string of the molecule is Cn1cnc2c1C[C@H](COc1ncccn1)N(CC1CCC1)C2. The molecule has 122 valence electrons. The summed E-state index contributed by atoms with van der Waals surface area (Å²) >= 11 is 0. The highest BCUT2D eigenvalue weighted by Gasteiger charge is 2.32. The Balaban J connectivity index is 1.47. The molecular formula is C17H23N5O. The number of aryl methyl sites for hydroxylation is 1. The van der Waals surface area contributed by atoms with E-state index in [9.17, 15) is 0 Å². The van der Waals surface area contributed by atoms with Gasteiger partial charge in [0.15, 0.2) is 0 Å². The lowest BCUT2D eigenvalue weighted by molar-refractivity contribution is 0.0761. The Kier molecular flexibility index (Phi) is 3.99. The molecule has 1 saturated carbocycles. The van der Waals surface area contributed by atoms with E-state index in [1.807, 2.05) is 6.33 Å². The van der Waals surface area contributed by atoms with Gasteiger partial charge in [0.2, 0.25) is 0 Å². The minimum absolute atomic E-state index is 0.363. The van der Waals surface area contributed by atoms with Crippen molar-refractivity contribution in [2.75, 3.05) is 13.2 Å². The van der Waals surface area contributed by atoms with E-state index in [0.717, 1.165) is 25.4 Å². The molecule has 6 heteroatoms. The summed E-state index contributed by atoms with van der Waals surface area (Å²) in [5.74, 6) is 0.843. The van der Waals surface area contributed by atoms with Crippen LogP contribution < -0.4 is 4.74 Å². The molecule has 2 aliphatic rings. The first-order valence-corrected chi connectivity index (χ1v) is 8.42. The van der Waals surface area contributed by atoms with Gasteiger partial charge in [0.25, 0.3) is 0 Å². The van der Waals surface area contributed by atoms with Crippen molar-refractivity contribution in [3.8, 4) is 6.01 Å². The molecule has 3 heterocycles. The molecule has 2 aromatic rings. The molecule has 0 radical (unpaired) electrons. The van der Waals surface area contributed by atoms with Crippen LogP contribution in [0.4, 0.5) is 0 Å². The van der Waals surface area contributed by atoms with Crippen LogP contribution in [-0.2, 0) is 20.0 Å². The lowest BCUT2D eigenvalue weighted by Crippen LogP contribution is -2.47. The summed E-state index contributed by atoms with van der Waals surface area (Å²) < 4.78 is 7.99. The van der Waals surface area contributed by atoms with E-state index in [1.165, 1.54) is 30.7 Å². The molecule has 0 aromatic carbocycles. The van der Waals surface area contributed by atoms with Crippen molar-refractivity contribution in [1.29, 1.82) is 0 Å². The Labute approximate surface area is 136 Å². The largest absolute Gasteiger partial charge is 0.462 e. The summed E-state index contributed by atoms with van der Waals surface area (Å²) in [6, 6.07) is 2.63. The first kappa shape index (κ1) is 14.6. The summed E-state index contributed by atoms with van der Waals surface area (Å²) in [6.07, 6.45) is 10.4. The average molecular weight is 313 g/mol. The van der Waals surface area contributed by atoms with Crippen LogP contribution >= 0.6 is 0 Å². The predicted molar refractivity (Wildman–Crippen MR) is 86.0 cm³/mol. The van der Waals surface area contributed by atoms with Crippen LogP contribution in [0.3, 0.4) is 0 Å². The van der Waals surface area contributed by atoms with Crippen LogP contribution in [-0.4, -0.2) is 43.6 Å². The zero-order valence-corrected chi connectivity index (χ0v) is 13.6. The van der Waals surface area contributed by atoms with Crippen molar-refractivity contribution in [2.24, 2.45) is 13.0 Å². The number of ether oxygens (including phenoxy) is 1. The Morgan fingerprint density at radius 1 is 1.22 bits per heavy atom. The summed E-state index contributed by atoms with van der Waals surface area (Å²) in [5.41, 5.74) is 2.55. The normalized spacial score (nSPS) is 21.7. The van der Waals surface area contributed by atoms with Gasteiger partial charge in [-0.2, -0.15) is 0 Å². The lowest BCUT2D eigenvalue weighted by atomic mass is 9.84. The van der Waals surface area contributed by atoms with Crippen LogP contribution in [0.2, 0.25) is 0 Å². The number of fused-ring (bicyclic) bond motifs is 1. The van der Waals surface area contributed by atoms with Gasteiger partial charge in [-0.3, -0.25) is 4.90 Å². The molecule has 4 rings (SSSR count). The van der Waals surface area contributed by atoms with Gasteiger partial charge in [-0.05, 0) is 24.8 Å². The van der Waals surface area contributed by atoms with Crippen LogP contribution in [0.25, 0.3) is 0 Å². The quantitative estimate of drug-likeness (QED) is 0.843. The fourth-order valence-corrected chi connectivity index (χ4v) is 3.49. The minimum Gasteiger partial charge on any atom is -0.462 e. The second-order valence-corrected chi connectivity index (χ2v) is 6.68. The maximum Gasteiger partial charge on any atom is 0.316 e. The van der Waals surface area contributed by atoms with Crippen molar-refractivity contribution >= 4 is 0 Å². The first-order valence-electron chi connectivity index (χ1n) is 8.42. The number of nitrogens with zero attached hydrogens (tertiary/aromatic N) is 5. The van der Waals surface area contributed by atoms with Crippen LogP contribution in [0, 0.1) is 5.92 Å². The van der Waals surface area contributed by atoms with Crippen LogP contribution in [0.15, 0.2) is 24.8 Å². The fourth-order valence-electron chi connectivity index (χ4n) is 3.49. The van der Waals surface area contributed by atoms with Gasteiger partial charge >= 0.3 is 6.01 Å². The second kappa shape index (κ2) is 6.28. The highest BCUT2D eigenvalue weighted by molar-refractivity contribution is 5.18. The molecule has 0 spiro atoms. The standard InChI is InChI=1S/C17H23N5O/c1-21-12-20-15-10-22(9-13-4-2-5-13)14(8-16(15)21)11-23-17-18-6-3-7-19-17/h3,6-7,12-14H,2,4-5,8-11H2,1H3/t14-/m1/s1. The van der Waals surface area contributed by atoms with Gasteiger partial charge in [-0.1, -0.05) is 6.42 Å². The summed E-state index contributed by atoms with van der Waals surface area (Å²) in [5, 5.41) is 0. The van der Waals surface area contributed by atoms with Crippen molar-refractivity contribution in [3.05, 3.63) is 36.2 Å². The Morgan fingerprint density at radius 2 is 2.04 bits per heavy atom. The molecule has 0 amide bonds. The molecule has 0 saturated heterocycles. The number of aromatic nitrogens is 4. The van der Waals surface area contributed by atoms with E-state index in [0.29, 0.717) is 18.7 Å². The van der Waals surface area contributed by atoms with E-state index in [-0.39, 0.29) is 0 Å². The Bertz CT molecular complexity index is 652. The molecule has 6 nitrogen and oxygen atoms in total. The monoisotopic (exact) mass is 313 g/mol. The third-order valence-electron chi connectivity index (χ3n) is 5.11. The number of hydrogen-bond donors (Lipinski definition) is 0. The Hall–Kier alpha value is -1.95. The molecule has 1 aliphatic carbocycles. The third kappa shape index (κ3) is 3.08. The van der Waals surface area contributed by atoms with Crippen molar-refractivity contribution < 1.29 is 4.74 Å². The van der Waals surface area contributed by atoms with E-state index in [4.69, 9.17) is 4.74 Å². The fraction of sp³-hybridized carbons (Fsp3) is 0.588. The summed E-state index contributed by atoms with van der Waals surface area (Å²) in [4.78, 5) is 15.4. The highest BCUT2D eigenvalue weighted by Crippen LogP contribution is 2.30. The first-order chi connectivity index (χ1) is 11.3. The van der Waals surface area contributed by atoms with Crippen LogP contribution in [0.1, 0.15) is 30.7 Å². The van der Waals surface area contributed by atoms with Crippen molar-refractivity contribution in [3.63, 3.8) is 0 Å². The molecule has 1 fully saturated rings. The maximum absolute atomic E-state index is 5.85. The summed E-state index contributed by atoms with van der Waals surface area (Å²) in [7, 11) is 2.08. The van der Waals surface area contributed by atoms with Gasteiger partial charge in [-0.15, -0.1) is 0 Å². The molecule has 0 N–H and O–H groups in total. The van der Waals surface area contributed by atoms with Crippen molar-refractivity contribution in [2.45, 2.75) is 38.3 Å². The van der Waals surface area contributed by atoms with Gasteiger partial charge in [0, 0.05) is 50.7 Å². The number of imidazole rings is 1. The topological polar surface area (TPSA) is 56.1 Å². The zero-order chi connectivity index (χ0) is 15.6. The molecule has 23 heavy (non-hydrogen) atoms. The van der Waals surface area contributed by atoms with Gasteiger partial charge < -0.3 is 9.30 Å². The molecule has 2 aromatic heterocycles. The zero-order valence-electron chi connectivity index (χ0n) is 13.6. The van der Waals surface area contributed by atoms with E-state index < -0.39 is 0 Å². The number of hydrogen-bond acceptors (Lipinski definition) is 5. The second-order valence-electron chi connectivity index (χ2n) is 6.68. The molecule has 0 unspecified atom stereocenters. The smallest absolute Gasteiger partial charge is 0.316 e. The van der Waals surface area contributed by atoms with E-state index in [2.05, 4.69) is 31.5 Å². The average Bonchev–Trinajstić information content (AvgIpc) is 2.90.